The predicted molar refractivity (Wildman–Crippen MR) is 72.1 cm³/mol. The molecule has 16 heavy (non-hydrogen) atoms. The van der Waals surface area contributed by atoms with E-state index in [1.54, 1.807) is 11.3 Å². The number of aryl methyl sites for hydroxylation is 1. The zero-order valence-corrected chi connectivity index (χ0v) is 11.7. The summed E-state index contributed by atoms with van der Waals surface area (Å²) in [5.41, 5.74) is 3.13. The van der Waals surface area contributed by atoms with E-state index < -0.39 is 0 Å². The second-order valence-corrected chi connectivity index (χ2v) is 5.88. The summed E-state index contributed by atoms with van der Waals surface area (Å²) < 4.78 is 0. The lowest BCUT2D eigenvalue weighted by molar-refractivity contribution is 0.454. The summed E-state index contributed by atoms with van der Waals surface area (Å²) in [5.74, 6) is 0.813. The van der Waals surface area contributed by atoms with Gasteiger partial charge in [0, 0.05) is 17.5 Å². The van der Waals surface area contributed by atoms with Gasteiger partial charge in [-0.25, -0.2) is 4.98 Å². The first-order chi connectivity index (χ1) is 7.59. The smallest absolute Gasteiger partial charge is 0.0797 e. The molecule has 1 aromatic heterocycles. The first-order valence-electron chi connectivity index (χ1n) is 6.22. The van der Waals surface area contributed by atoms with Crippen molar-refractivity contribution < 1.29 is 0 Å². The van der Waals surface area contributed by atoms with Crippen LogP contribution in [0.25, 0.3) is 0 Å². The van der Waals surface area contributed by atoms with Gasteiger partial charge in [0.2, 0.25) is 0 Å². The van der Waals surface area contributed by atoms with Crippen LogP contribution < -0.4 is 5.32 Å². The summed E-state index contributed by atoms with van der Waals surface area (Å²) in [6.45, 7) is 10.0. The van der Waals surface area contributed by atoms with Crippen LogP contribution in [0.1, 0.15) is 44.2 Å². The van der Waals surface area contributed by atoms with Gasteiger partial charge in [0.1, 0.15) is 0 Å². The number of aromatic nitrogens is 1. The molecular weight excluding hydrogens is 216 g/mol. The van der Waals surface area contributed by atoms with Crippen LogP contribution in [0.3, 0.4) is 0 Å². The molecular formula is C13H24N2S. The van der Waals surface area contributed by atoms with Gasteiger partial charge in [0.25, 0.3) is 0 Å². The van der Waals surface area contributed by atoms with Crippen LogP contribution in [0.15, 0.2) is 5.51 Å². The number of nitrogens with one attached hydrogen (secondary N) is 1. The maximum absolute atomic E-state index is 4.26. The Labute approximate surface area is 103 Å². The maximum Gasteiger partial charge on any atom is 0.0797 e. The van der Waals surface area contributed by atoms with Crippen molar-refractivity contribution in [2.24, 2.45) is 5.92 Å². The molecule has 0 aliphatic rings. The highest BCUT2D eigenvalue weighted by Gasteiger charge is 2.04. The molecule has 2 nitrogen and oxygen atoms in total. The number of hydrogen-bond donors (Lipinski definition) is 1. The van der Waals surface area contributed by atoms with Gasteiger partial charge in [0.05, 0.1) is 11.2 Å². The van der Waals surface area contributed by atoms with Crippen molar-refractivity contribution in [2.75, 3.05) is 6.54 Å². The van der Waals surface area contributed by atoms with Gasteiger partial charge < -0.3 is 5.32 Å². The molecule has 1 N–H and O–H groups in total. The highest BCUT2D eigenvalue weighted by atomic mass is 32.1. The van der Waals surface area contributed by atoms with Crippen LogP contribution in [-0.2, 0) is 6.42 Å². The summed E-state index contributed by atoms with van der Waals surface area (Å²) in [4.78, 5) is 5.68. The van der Waals surface area contributed by atoms with Gasteiger partial charge in [-0.05, 0) is 39.0 Å². The Balaban J connectivity index is 2.13. The average molecular weight is 240 g/mol. The second kappa shape index (κ2) is 7.02. The van der Waals surface area contributed by atoms with Crippen molar-refractivity contribution in [3.63, 3.8) is 0 Å². The highest BCUT2D eigenvalue weighted by Crippen LogP contribution is 2.12. The molecule has 1 rings (SSSR count). The van der Waals surface area contributed by atoms with Crippen molar-refractivity contribution in [3.8, 4) is 0 Å². The van der Waals surface area contributed by atoms with Crippen LogP contribution >= 0.6 is 11.3 Å². The van der Waals surface area contributed by atoms with Crippen molar-refractivity contribution in [1.82, 2.24) is 10.3 Å². The monoisotopic (exact) mass is 240 g/mol. The number of nitrogens with zero attached hydrogens (tertiary/aromatic N) is 1. The largest absolute Gasteiger partial charge is 0.314 e. The van der Waals surface area contributed by atoms with Crippen molar-refractivity contribution >= 4 is 11.3 Å². The third kappa shape index (κ3) is 5.08. The zero-order chi connectivity index (χ0) is 12.0. The fourth-order valence-corrected chi connectivity index (χ4v) is 2.46. The minimum absolute atomic E-state index is 0.635. The Bertz CT molecular complexity index is 294. The summed E-state index contributed by atoms with van der Waals surface area (Å²) in [6, 6.07) is 0.635. The fourth-order valence-electron chi connectivity index (χ4n) is 1.68. The fraction of sp³-hybridized carbons (Fsp3) is 0.769. The van der Waals surface area contributed by atoms with Crippen molar-refractivity contribution in [3.05, 3.63) is 16.1 Å². The molecule has 1 unspecified atom stereocenters. The summed E-state index contributed by atoms with van der Waals surface area (Å²) in [6.07, 6.45) is 3.70. The minimum Gasteiger partial charge on any atom is -0.314 e. The van der Waals surface area contributed by atoms with Crippen LogP contribution in [0.2, 0.25) is 0 Å². The Morgan fingerprint density at radius 3 is 2.62 bits per heavy atom. The summed E-state index contributed by atoms with van der Waals surface area (Å²) in [7, 11) is 0. The Kier molecular flexibility index (Phi) is 5.99. The number of hydrogen-bond acceptors (Lipinski definition) is 3. The molecule has 0 aromatic carbocycles. The van der Waals surface area contributed by atoms with E-state index in [-0.39, 0.29) is 0 Å². The quantitative estimate of drug-likeness (QED) is 0.790. The van der Waals surface area contributed by atoms with E-state index in [1.165, 1.54) is 23.4 Å². The van der Waals surface area contributed by atoms with Gasteiger partial charge in [-0.2, -0.15) is 0 Å². The lowest BCUT2D eigenvalue weighted by Gasteiger charge is -2.14. The summed E-state index contributed by atoms with van der Waals surface area (Å²) in [5, 5.41) is 3.58. The molecule has 0 radical (unpaired) electrons. The first kappa shape index (κ1) is 13.7. The minimum atomic E-state index is 0.635. The average Bonchev–Trinajstić information content (AvgIpc) is 2.61. The van der Waals surface area contributed by atoms with Gasteiger partial charge in [-0.1, -0.05) is 13.8 Å². The van der Waals surface area contributed by atoms with Crippen LogP contribution in [0.4, 0.5) is 0 Å². The Hall–Kier alpha value is -0.410. The molecule has 0 spiro atoms. The van der Waals surface area contributed by atoms with Gasteiger partial charge in [0.15, 0.2) is 0 Å². The van der Waals surface area contributed by atoms with E-state index in [1.807, 2.05) is 5.51 Å². The molecule has 1 atom stereocenters. The normalized spacial score (nSPS) is 13.3. The predicted octanol–water partition coefficient (Wildman–Crippen LogP) is 3.41. The molecule has 0 aliphatic carbocycles. The third-order valence-electron chi connectivity index (χ3n) is 2.87. The molecule has 0 bridgehead atoms. The van der Waals surface area contributed by atoms with E-state index in [0.29, 0.717) is 6.04 Å². The first-order valence-corrected chi connectivity index (χ1v) is 7.10. The standard InChI is InChI=1S/C13H24N2S/c1-10(2)5-6-11(3)14-8-7-13-12(4)15-9-16-13/h9-11,14H,5-8H2,1-4H3. The molecule has 1 aromatic rings. The number of rotatable bonds is 7. The zero-order valence-electron chi connectivity index (χ0n) is 10.9. The Morgan fingerprint density at radius 1 is 1.31 bits per heavy atom. The van der Waals surface area contributed by atoms with Gasteiger partial charge in [-0.15, -0.1) is 11.3 Å². The van der Waals surface area contributed by atoms with E-state index in [2.05, 4.69) is 38.0 Å². The molecule has 0 saturated carbocycles. The molecule has 0 amide bonds. The van der Waals surface area contributed by atoms with Gasteiger partial charge in [-0.3, -0.25) is 0 Å². The molecule has 92 valence electrons. The van der Waals surface area contributed by atoms with Crippen LogP contribution in [0, 0.1) is 12.8 Å². The maximum atomic E-state index is 4.26. The van der Waals surface area contributed by atoms with Crippen molar-refractivity contribution in [1.29, 1.82) is 0 Å². The molecule has 0 aliphatic heterocycles. The lowest BCUT2D eigenvalue weighted by atomic mass is 10.0. The van der Waals surface area contributed by atoms with E-state index >= 15 is 0 Å². The van der Waals surface area contributed by atoms with E-state index in [9.17, 15) is 0 Å². The molecule has 3 heteroatoms. The van der Waals surface area contributed by atoms with Gasteiger partial charge >= 0.3 is 0 Å². The molecule has 1 heterocycles. The molecule has 0 saturated heterocycles. The molecule has 0 fully saturated rings. The second-order valence-electron chi connectivity index (χ2n) is 4.94. The van der Waals surface area contributed by atoms with Crippen LogP contribution in [0.5, 0.6) is 0 Å². The lowest BCUT2D eigenvalue weighted by Crippen LogP contribution is -2.28. The van der Waals surface area contributed by atoms with E-state index in [4.69, 9.17) is 0 Å². The number of thiazole rings is 1. The topological polar surface area (TPSA) is 24.9 Å². The van der Waals surface area contributed by atoms with Crippen LogP contribution in [-0.4, -0.2) is 17.6 Å². The SMILES string of the molecule is Cc1ncsc1CCNC(C)CCC(C)C. The highest BCUT2D eigenvalue weighted by molar-refractivity contribution is 7.09. The van der Waals surface area contributed by atoms with E-state index in [0.717, 1.165) is 18.9 Å². The third-order valence-corrected chi connectivity index (χ3v) is 3.86. The summed E-state index contributed by atoms with van der Waals surface area (Å²) >= 11 is 1.77. The van der Waals surface area contributed by atoms with Crippen molar-refractivity contribution in [2.45, 2.75) is 53.0 Å². The Morgan fingerprint density at radius 2 is 2.06 bits per heavy atom.